The average molecular weight is 308 g/mol. The molecule has 21 heavy (non-hydrogen) atoms. The molecule has 0 aliphatic rings. The SMILES string of the molecule is COc1cc(Nc2ncnc(Cl)c2C(C)C)cc(OC)c1. The van der Waals surface area contributed by atoms with Gasteiger partial charge in [-0.25, -0.2) is 9.97 Å². The molecule has 2 aromatic rings. The molecular weight excluding hydrogens is 290 g/mol. The highest BCUT2D eigenvalue weighted by Gasteiger charge is 2.14. The topological polar surface area (TPSA) is 56.3 Å². The second kappa shape index (κ2) is 6.63. The van der Waals surface area contributed by atoms with E-state index in [1.54, 1.807) is 14.2 Å². The molecule has 0 aliphatic heterocycles. The van der Waals surface area contributed by atoms with Gasteiger partial charge in [0, 0.05) is 29.4 Å². The van der Waals surface area contributed by atoms with Crippen LogP contribution in [0, 0.1) is 0 Å². The minimum Gasteiger partial charge on any atom is -0.497 e. The van der Waals surface area contributed by atoms with Gasteiger partial charge in [0.05, 0.1) is 14.2 Å². The Labute approximate surface area is 129 Å². The minimum absolute atomic E-state index is 0.203. The molecule has 1 aromatic heterocycles. The van der Waals surface area contributed by atoms with Gasteiger partial charge < -0.3 is 14.8 Å². The molecule has 0 amide bonds. The third-order valence-electron chi connectivity index (χ3n) is 3.03. The highest BCUT2D eigenvalue weighted by atomic mass is 35.5. The molecule has 5 nitrogen and oxygen atoms in total. The van der Waals surface area contributed by atoms with E-state index >= 15 is 0 Å². The van der Waals surface area contributed by atoms with E-state index in [1.165, 1.54) is 6.33 Å². The lowest BCUT2D eigenvalue weighted by molar-refractivity contribution is 0.395. The smallest absolute Gasteiger partial charge is 0.138 e. The summed E-state index contributed by atoms with van der Waals surface area (Å²) in [6.07, 6.45) is 1.44. The summed E-state index contributed by atoms with van der Waals surface area (Å²) in [5, 5.41) is 3.70. The number of anilines is 2. The van der Waals surface area contributed by atoms with E-state index in [1.807, 2.05) is 32.0 Å². The van der Waals surface area contributed by atoms with Gasteiger partial charge in [0.15, 0.2) is 0 Å². The number of hydrogen-bond donors (Lipinski definition) is 1. The maximum Gasteiger partial charge on any atom is 0.138 e. The van der Waals surface area contributed by atoms with Gasteiger partial charge in [-0.05, 0) is 5.92 Å². The van der Waals surface area contributed by atoms with E-state index in [2.05, 4.69) is 15.3 Å². The van der Waals surface area contributed by atoms with E-state index in [-0.39, 0.29) is 5.92 Å². The molecule has 0 bridgehead atoms. The van der Waals surface area contributed by atoms with Crippen LogP contribution >= 0.6 is 11.6 Å². The first-order valence-corrected chi connectivity index (χ1v) is 6.93. The quantitative estimate of drug-likeness (QED) is 0.846. The lowest BCUT2D eigenvalue weighted by Gasteiger charge is -2.15. The van der Waals surface area contributed by atoms with Crippen molar-refractivity contribution in [2.45, 2.75) is 19.8 Å². The molecule has 2 rings (SSSR count). The predicted molar refractivity (Wildman–Crippen MR) is 84.0 cm³/mol. The maximum absolute atomic E-state index is 6.17. The van der Waals surface area contributed by atoms with Crippen LogP contribution in [0.3, 0.4) is 0 Å². The van der Waals surface area contributed by atoms with Gasteiger partial charge in [-0.1, -0.05) is 25.4 Å². The molecule has 0 spiro atoms. The number of nitrogens with zero attached hydrogens (tertiary/aromatic N) is 2. The fourth-order valence-electron chi connectivity index (χ4n) is 2.00. The summed E-state index contributed by atoms with van der Waals surface area (Å²) >= 11 is 6.17. The van der Waals surface area contributed by atoms with Crippen molar-refractivity contribution in [3.8, 4) is 11.5 Å². The Balaban J connectivity index is 2.40. The summed E-state index contributed by atoms with van der Waals surface area (Å²) in [5.41, 5.74) is 1.68. The number of hydrogen-bond acceptors (Lipinski definition) is 5. The molecule has 6 heteroatoms. The van der Waals surface area contributed by atoms with E-state index in [0.29, 0.717) is 22.5 Å². The molecule has 0 aliphatic carbocycles. The van der Waals surface area contributed by atoms with Crippen molar-refractivity contribution in [2.24, 2.45) is 0 Å². The van der Waals surface area contributed by atoms with Crippen molar-refractivity contribution in [2.75, 3.05) is 19.5 Å². The van der Waals surface area contributed by atoms with Crippen LogP contribution < -0.4 is 14.8 Å². The summed E-state index contributed by atoms with van der Waals surface area (Å²) < 4.78 is 10.5. The van der Waals surface area contributed by atoms with Gasteiger partial charge in [0.2, 0.25) is 0 Å². The van der Waals surface area contributed by atoms with Crippen LogP contribution in [-0.4, -0.2) is 24.2 Å². The van der Waals surface area contributed by atoms with E-state index < -0.39 is 0 Å². The third-order valence-corrected chi connectivity index (χ3v) is 3.33. The molecule has 0 unspecified atom stereocenters. The molecule has 0 radical (unpaired) electrons. The monoisotopic (exact) mass is 307 g/mol. The second-order valence-electron chi connectivity index (χ2n) is 4.81. The Morgan fingerprint density at radius 1 is 1.05 bits per heavy atom. The maximum atomic E-state index is 6.17. The number of aromatic nitrogens is 2. The Hall–Kier alpha value is -2.01. The summed E-state index contributed by atoms with van der Waals surface area (Å²) in [5.74, 6) is 2.28. The molecule has 1 N–H and O–H groups in total. The summed E-state index contributed by atoms with van der Waals surface area (Å²) in [4.78, 5) is 8.31. The van der Waals surface area contributed by atoms with Crippen molar-refractivity contribution in [1.29, 1.82) is 0 Å². The molecule has 0 fully saturated rings. The van der Waals surface area contributed by atoms with Gasteiger partial charge in [-0.2, -0.15) is 0 Å². The molecule has 112 valence electrons. The second-order valence-corrected chi connectivity index (χ2v) is 5.17. The number of nitrogens with one attached hydrogen (secondary N) is 1. The van der Waals surface area contributed by atoms with Gasteiger partial charge in [0.25, 0.3) is 0 Å². The molecular formula is C15H18ClN3O2. The Morgan fingerprint density at radius 3 is 2.19 bits per heavy atom. The van der Waals surface area contributed by atoms with E-state index in [0.717, 1.165) is 11.3 Å². The first-order valence-electron chi connectivity index (χ1n) is 6.55. The molecule has 0 saturated carbocycles. The van der Waals surface area contributed by atoms with E-state index in [9.17, 15) is 0 Å². The zero-order chi connectivity index (χ0) is 15.4. The van der Waals surface area contributed by atoms with Gasteiger partial charge in [-0.15, -0.1) is 0 Å². The van der Waals surface area contributed by atoms with Crippen LogP contribution in [0.15, 0.2) is 24.5 Å². The number of methoxy groups -OCH3 is 2. The van der Waals surface area contributed by atoms with Crippen LogP contribution in [0.25, 0.3) is 0 Å². The lowest BCUT2D eigenvalue weighted by atomic mass is 10.1. The minimum atomic E-state index is 0.203. The predicted octanol–water partition coefficient (Wildman–Crippen LogP) is 4.01. The average Bonchev–Trinajstić information content (AvgIpc) is 2.46. The Kier molecular flexibility index (Phi) is 4.85. The number of rotatable bonds is 5. The zero-order valence-corrected chi connectivity index (χ0v) is 13.2. The molecule has 1 heterocycles. The lowest BCUT2D eigenvalue weighted by Crippen LogP contribution is -2.03. The van der Waals surface area contributed by atoms with E-state index in [4.69, 9.17) is 21.1 Å². The normalized spacial score (nSPS) is 10.6. The standard InChI is InChI=1S/C15H18ClN3O2/c1-9(2)13-14(16)17-8-18-15(13)19-10-5-11(20-3)7-12(6-10)21-4/h5-9H,1-4H3,(H,17,18,19). The van der Waals surface area contributed by atoms with Crippen LogP contribution in [0.5, 0.6) is 11.5 Å². The van der Waals surface area contributed by atoms with Crippen molar-refractivity contribution >= 4 is 23.1 Å². The Morgan fingerprint density at radius 2 is 1.67 bits per heavy atom. The van der Waals surface area contributed by atoms with Gasteiger partial charge >= 0.3 is 0 Å². The van der Waals surface area contributed by atoms with Crippen molar-refractivity contribution < 1.29 is 9.47 Å². The van der Waals surface area contributed by atoms with Crippen molar-refractivity contribution in [3.05, 3.63) is 35.2 Å². The van der Waals surface area contributed by atoms with Crippen LogP contribution in [0.1, 0.15) is 25.3 Å². The third kappa shape index (κ3) is 3.55. The highest BCUT2D eigenvalue weighted by molar-refractivity contribution is 6.30. The summed E-state index contributed by atoms with van der Waals surface area (Å²) in [6, 6.07) is 5.53. The van der Waals surface area contributed by atoms with Crippen LogP contribution in [0.2, 0.25) is 5.15 Å². The zero-order valence-electron chi connectivity index (χ0n) is 12.5. The number of ether oxygens (including phenoxy) is 2. The highest BCUT2D eigenvalue weighted by Crippen LogP contribution is 2.32. The summed E-state index contributed by atoms with van der Waals surface area (Å²) in [7, 11) is 3.22. The molecule has 0 saturated heterocycles. The van der Waals surface area contributed by atoms with Crippen LogP contribution in [-0.2, 0) is 0 Å². The van der Waals surface area contributed by atoms with Gasteiger partial charge in [-0.3, -0.25) is 0 Å². The van der Waals surface area contributed by atoms with Crippen molar-refractivity contribution in [1.82, 2.24) is 9.97 Å². The van der Waals surface area contributed by atoms with Gasteiger partial charge in [0.1, 0.15) is 28.8 Å². The van der Waals surface area contributed by atoms with Crippen molar-refractivity contribution in [3.63, 3.8) is 0 Å². The fraction of sp³-hybridized carbons (Fsp3) is 0.333. The molecule has 1 aromatic carbocycles. The Bertz CT molecular complexity index is 610. The van der Waals surface area contributed by atoms with Crippen LogP contribution in [0.4, 0.5) is 11.5 Å². The molecule has 0 atom stereocenters. The largest absolute Gasteiger partial charge is 0.497 e. The first-order chi connectivity index (χ1) is 10.0. The first kappa shape index (κ1) is 15.4. The number of benzene rings is 1. The number of halogens is 1. The summed E-state index contributed by atoms with van der Waals surface area (Å²) in [6.45, 7) is 4.09. The fourth-order valence-corrected chi connectivity index (χ4v) is 2.35.